The normalized spacial score (nSPS) is 31.1. The minimum Gasteiger partial charge on any atom is -0.382 e. The fourth-order valence-corrected chi connectivity index (χ4v) is 3.48. The van der Waals surface area contributed by atoms with Crippen molar-refractivity contribution >= 4 is 11.4 Å². The van der Waals surface area contributed by atoms with Crippen molar-refractivity contribution in [2.45, 2.75) is 52.1 Å². The molecule has 2 nitrogen and oxygen atoms in total. The van der Waals surface area contributed by atoms with Crippen LogP contribution in [0, 0.1) is 5.92 Å². The lowest BCUT2D eigenvalue weighted by molar-refractivity contribution is 0.625. The van der Waals surface area contributed by atoms with Crippen molar-refractivity contribution < 1.29 is 0 Å². The Hall–Kier alpha value is -1.18. The molecule has 0 aromatic heterocycles. The first-order chi connectivity index (χ1) is 8.63. The first-order valence-corrected chi connectivity index (χ1v) is 7.29. The molecule has 2 heteroatoms. The Kier molecular flexibility index (Phi) is 2.96. The van der Waals surface area contributed by atoms with E-state index in [1.807, 2.05) is 0 Å². The summed E-state index contributed by atoms with van der Waals surface area (Å²) in [5, 5.41) is 3.58. The quantitative estimate of drug-likeness (QED) is 0.811. The van der Waals surface area contributed by atoms with Gasteiger partial charge in [0.25, 0.3) is 0 Å². The van der Waals surface area contributed by atoms with Crippen LogP contribution in [0.2, 0.25) is 0 Å². The largest absolute Gasteiger partial charge is 0.382 e. The van der Waals surface area contributed by atoms with Crippen LogP contribution in [0.25, 0.3) is 0 Å². The van der Waals surface area contributed by atoms with Crippen LogP contribution in [-0.4, -0.2) is 18.6 Å². The van der Waals surface area contributed by atoms with Crippen molar-refractivity contribution in [1.82, 2.24) is 0 Å². The molecular weight excluding hydrogens is 220 g/mol. The summed E-state index contributed by atoms with van der Waals surface area (Å²) in [6.07, 6.45) is 3.80. The first kappa shape index (κ1) is 11.9. The maximum absolute atomic E-state index is 3.58. The third kappa shape index (κ3) is 2.09. The van der Waals surface area contributed by atoms with Crippen LogP contribution in [0.3, 0.4) is 0 Å². The molecule has 1 saturated heterocycles. The Morgan fingerprint density at radius 3 is 2.78 bits per heavy atom. The second-order valence-corrected chi connectivity index (χ2v) is 6.27. The second-order valence-electron chi connectivity index (χ2n) is 6.27. The highest BCUT2D eigenvalue weighted by molar-refractivity contribution is 5.62. The van der Waals surface area contributed by atoms with Gasteiger partial charge in [0.1, 0.15) is 0 Å². The van der Waals surface area contributed by atoms with Gasteiger partial charge in [-0.1, -0.05) is 6.92 Å². The molecule has 2 aliphatic rings. The lowest BCUT2D eigenvalue weighted by Crippen LogP contribution is -2.27. The first-order valence-electron chi connectivity index (χ1n) is 7.29. The molecule has 3 atom stereocenters. The van der Waals surface area contributed by atoms with Crippen LogP contribution in [0.5, 0.6) is 0 Å². The van der Waals surface area contributed by atoms with Crippen LogP contribution in [0.4, 0.5) is 11.4 Å². The Labute approximate surface area is 110 Å². The van der Waals surface area contributed by atoms with Gasteiger partial charge in [0, 0.05) is 30.0 Å². The van der Waals surface area contributed by atoms with Crippen molar-refractivity contribution in [2.75, 3.05) is 16.8 Å². The van der Waals surface area contributed by atoms with Crippen LogP contribution in [-0.2, 0) is 6.42 Å². The summed E-state index contributed by atoms with van der Waals surface area (Å²) in [6.45, 7) is 8.19. The van der Waals surface area contributed by atoms with Gasteiger partial charge < -0.3 is 10.2 Å². The Morgan fingerprint density at radius 2 is 2.06 bits per heavy atom. The molecule has 1 N–H and O–H groups in total. The number of benzene rings is 1. The summed E-state index contributed by atoms with van der Waals surface area (Å²) in [4.78, 5) is 2.57. The standard InChI is InChI=1S/C16H24N2/c1-11-8-13(3)18(10-11)15-6-7-16-14(9-15)5-4-12(2)17-16/h6-7,9,11-13,17H,4-5,8,10H2,1-3H3. The molecule has 0 saturated carbocycles. The highest BCUT2D eigenvalue weighted by Gasteiger charge is 2.27. The molecule has 3 rings (SSSR count). The number of nitrogens with zero attached hydrogens (tertiary/aromatic N) is 1. The Balaban J connectivity index is 1.86. The number of aryl methyl sites for hydroxylation is 1. The molecule has 0 radical (unpaired) electrons. The monoisotopic (exact) mass is 244 g/mol. The minimum atomic E-state index is 0.620. The molecule has 18 heavy (non-hydrogen) atoms. The van der Waals surface area contributed by atoms with E-state index in [0.29, 0.717) is 12.1 Å². The number of fused-ring (bicyclic) bond motifs is 1. The fourth-order valence-electron chi connectivity index (χ4n) is 3.48. The smallest absolute Gasteiger partial charge is 0.0376 e. The van der Waals surface area contributed by atoms with Gasteiger partial charge in [0.2, 0.25) is 0 Å². The van der Waals surface area contributed by atoms with Crippen LogP contribution < -0.4 is 10.2 Å². The van der Waals surface area contributed by atoms with E-state index in [1.165, 1.54) is 42.7 Å². The zero-order valence-corrected chi connectivity index (χ0v) is 11.7. The van der Waals surface area contributed by atoms with Gasteiger partial charge in [-0.2, -0.15) is 0 Å². The minimum absolute atomic E-state index is 0.620. The molecule has 2 heterocycles. The van der Waals surface area contributed by atoms with Crippen molar-refractivity contribution in [3.63, 3.8) is 0 Å². The molecule has 1 fully saturated rings. The van der Waals surface area contributed by atoms with Gasteiger partial charge in [0.15, 0.2) is 0 Å². The number of anilines is 2. The average molecular weight is 244 g/mol. The number of hydrogen-bond donors (Lipinski definition) is 1. The maximum atomic E-state index is 3.58. The van der Waals surface area contributed by atoms with Gasteiger partial charge >= 0.3 is 0 Å². The zero-order chi connectivity index (χ0) is 12.7. The van der Waals surface area contributed by atoms with E-state index in [2.05, 4.69) is 49.2 Å². The van der Waals surface area contributed by atoms with Crippen LogP contribution in [0.1, 0.15) is 39.2 Å². The molecule has 1 aromatic carbocycles. The van der Waals surface area contributed by atoms with Crippen LogP contribution in [0.15, 0.2) is 18.2 Å². The number of hydrogen-bond acceptors (Lipinski definition) is 2. The van der Waals surface area contributed by atoms with E-state index >= 15 is 0 Å². The molecule has 0 aliphatic carbocycles. The summed E-state index contributed by atoms with van der Waals surface area (Å²) in [7, 11) is 0. The molecule has 1 aromatic rings. The summed E-state index contributed by atoms with van der Waals surface area (Å²) < 4.78 is 0. The molecular formula is C16H24N2. The van der Waals surface area contributed by atoms with E-state index in [9.17, 15) is 0 Å². The third-order valence-electron chi connectivity index (χ3n) is 4.45. The van der Waals surface area contributed by atoms with Gasteiger partial charge in [0.05, 0.1) is 0 Å². The average Bonchev–Trinajstić information content (AvgIpc) is 2.68. The predicted octanol–water partition coefficient (Wildman–Crippen LogP) is 3.67. The second kappa shape index (κ2) is 4.49. The summed E-state index contributed by atoms with van der Waals surface area (Å²) in [5.74, 6) is 0.828. The molecule has 0 bridgehead atoms. The zero-order valence-electron chi connectivity index (χ0n) is 11.7. The molecule has 0 amide bonds. The predicted molar refractivity (Wildman–Crippen MR) is 78.4 cm³/mol. The van der Waals surface area contributed by atoms with E-state index in [4.69, 9.17) is 0 Å². The Bertz CT molecular complexity index is 441. The molecule has 0 spiro atoms. The highest BCUT2D eigenvalue weighted by Crippen LogP contribution is 2.33. The van der Waals surface area contributed by atoms with Crippen molar-refractivity contribution in [1.29, 1.82) is 0 Å². The van der Waals surface area contributed by atoms with Gasteiger partial charge in [-0.15, -0.1) is 0 Å². The van der Waals surface area contributed by atoms with E-state index in [1.54, 1.807) is 0 Å². The topological polar surface area (TPSA) is 15.3 Å². The molecule has 98 valence electrons. The number of rotatable bonds is 1. The van der Waals surface area contributed by atoms with Crippen molar-refractivity contribution in [3.8, 4) is 0 Å². The van der Waals surface area contributed by atoms with Crippen molar-refractivity contribution in [2.24, 2.45) is 5.92 Å². The third-order valence-corrected chi connectivity index (χ3v) is 4.45. The van der Waals surface area contributed by atoms with Crippen LogP contribution >= 0.6 is 0 Å². The van der Waals surface area contributed by atoms with E-state index in [0.717, 1.165) is 5.92 Å². The molecule has 3 unspecified atom stereocenters. The molecule has 2 aliphatic heterocycles. The van der Waals surface area contributed by atoms with Crippen molar-refractivity contribution in [3.05, 3.63) is 23.8 Å². The highest BCUT2D eigenvalue weighted by atomic mass is 15.2. The lowest BCUT2D eigenvalue weighted by Gasteiger charge is -2.28. The summed E-state index contributed by atoms with van der Waals surface area (Å²) in [6, 6.07) is 8.28. The summed E-state index contributed by atoms with van der Waals surface area (Å²) in [5.41, 5.74) is 4.26. The SMILES string of the molecule is CC1CC(C)N(c2ccc3c(c2)CCC(C)N3)C1. The van der Waals surface area contributed by atoms with E-state index in [-0.39, 0.29) is 0 Å². The maximum Gasteiger partial charge on any atom is 0.0376 e. The fraction of sp³-hybridized carbons (Fsp3) is 0.625. The summed E-state index contributed by atoms with van der Waals surface area (Å²) >= 11 is 0. The lowest BCUT2D eigenvalue weighted by atomic mass is 9.98. The van der Waals surface area contributed by atoms with E-state index < -0.39 is 0 Å². The van der Waals surface area contributed by atoms with Gasteiger partial charge in [-0.3, -0.25) is 0 Å². The number of nitrogens with one attached hydrogen (secondary N) is 1. The Morgan fingerprint density at radius 1 is 1.22 bits per heavy atom. The van der Waals surface area contributed by atoms with Gasteiger partial charge in [-0.25, -0.2) is 0 Å². The van der Waals surface area contributed by atoms with Gasteiger partial charge in [-0.05, 0) is 62.8 Å².